The molecule has 0 saturated carbocycles. The quantitative estimate of drug-likeness (QED) is 0.397. The molecule has 0 spiro atoms. The van der Waals surface area contributed by atoms with Crippen LogP contribution in [0.5, 0.6) is 0 Å². The smallest absolute Gasteiger partial charge is 0.246 e. The number of aromatic nitrogens is 1. The zero-order valence-corrected chi connectivity index (χ0v) is 15.2. The second-order valence-electron chi connectivity index (χ2n) is 6.06. The fourth-order valence-electron chi connectivity index (χ4n) is 2.58. The molecule has 3 nitrogen and oxygen atoms in total. The molecule has 1 aromatic heterocycles. The molecular formula is C20H25ClN2O. The van der Waals surface area contributed by atoms with E-state index in [2.05, 4.69) is 17.2 Å². The Morgan fingerprint density at radius 3 is 2.75 bits per heavy atom. The van der Waals surface area contributed by atoms with Crippen LogP contribution in [0, 0.1) is 0 Å². The van der Waals surface area contributed by atoms with Crippen molar-refractivity contribution in [3.63, 3.8) is 0 Å². The van der Waals surface area contributed by atoms with Crippen molar-refractivity contribution in [2.45, 2.75) is 46.0 Å². The average Bonchev–Trinajstić information content (AvgIpc) is 2.58. The van der Waals surface area contributed by atoms with E-state index in [1.165, 1.54) is 19.3 Å². The average molecular weight is 345 g/mol. The molecule has 0 atom stereocenters. The first kappa shape index (κ1) is 18.5. The van der Waals surface area contributed by atoms with Gasteiger partial charge >= 0.3 is 0 Å². The molecule has 4 heteroatoms. The van der Waals surface area contributed by atoms with Gasteiger partial charge in [-0.05, 0) is 31.6 Å². The van der Waals surface area contributed by atoms with Crippen molar-refractivity contribution >= 4 is 34.5 Å². The standard InChI is InChI=1S/C20H25ClN2O/c1-3-4-5-6-9-12-22-20(24)15(2)13-17-14-16-10-7-8-11-18(16)23-19(17)21/h7-8,10-11,13-14H,3-6,9,12H2,1-2H3,(H,22,24)/b15-13-. The van der Waals surface area contributed by atoms with Gasteiger partial charge in [0, 0.05) is 23.1 Å². The van der Waals surface area contributed by atoms with Crippen molar-refractivity contribution in [2.24, 2.45) is 0 Å². The number of fused-ring (bicyclic) bond motifs is 1. The van der Waals surface area contributed by atoms with Gasteiger partial charge in [0.2, 0.25) is 5.91 Å². The molecule has 0 radical (unpaired) electrons. The molecule has 1 N–H and O–H groups in total. The summed E-state index contributed by atoms with van der Waals surface area (Å²) in [4.78, 5) is 16.5. The first-order valence-corrected chi connectivity index (χ1v) is 9.01. The molecule has 128 valence electrons. The van der Waals surface area contributed by atoms with Crippen molar-refractivity contribution in [3.8, 4) is 0 Å². The van der Waals surface area contributed by atoms with E-state index in [0.717, 1.165) is 35.9 Å². The number of hydrogen-bond donors (Lipinski definition) is 1. The Bertz CT molecular complexity index is 725. The topological polar surface area (TPSA) is 42.0 Å². The van der Waals surface area contributed by atoms with Crippen molar-refractivity contribution in [1.29, 1.82) is 0 Å². The van der Waals surface area contributed by atoms with Gasteiger partial charge in [0.05, 0.1) is 5.52 Å². The number of halogens is 1. The minimum atomic E-state index is -0.0466. The number of unbranched alkanes of at least 4 members (excludes halogenated alkanes) is 4. The minimum Gasteiger partial charge on any atom is -0.352 e. The fraction of sp³-hybridized carbons (Fsp3) is 0.400. The summed E-state index contributed by atoms with van der Waals surface area (Å²) in [5, 5.41) is 4.39. The van der Waals surface area contributed by atoms with Crippen LogP contribution in [0.25, 0.3) is 17.0 Å². The number of para-hydroxylation sites is 1. The molecule has 1 amide bonds. The minimum absolute atomic E-state index is 0.0466. The Morgan fingerprint density at radius 2 is 1.96 bits per heavy atom. The van der Waals surface area contributed by atoms with E-state index in [9.17, 15) is 4.79 Å². The number of amides is 1. The van der Waals surface area contributed by atoms with Gasteiger partial charge in [0.15, 0.2) is 0 Å². The third-order valence-electron chi connectivity index (χ3n) is 4.00. The first-order valence-electron chi connectivity index (χ1n) is 8.63. The van der Waals surface area contributed by atoms with E-state index in [-0.39, 0.29) is 5.91 Å². The van der Waals surface area contributed by atoms with E-state index in [1.54, 1.807) is 13.0 Å². The molecule has 0 aliphatic carbocycles. The summed E-state index contributed by atoms with van der Waals surface area (Å²) in [7, 11) is 0. The second kappa shape index (κ2) is 9.43. The van der Waals surface area contributed by atoms with Crippen LogP contribution in [-0.2, 0) is 4.79 Å². The summed E-state index contributed by atoms with van der Waals surface area (Å²) < 4.78 is 0. The lowest BCUT2D eigenvalue weighted by molar-refractivity contribution is -0.117. The van der Waals surface area contributed by atoms with E-state index < -0.39 is 0 Å². The maximum absolute atomic E-state index is 12.2. The summed E-state index contributed by atoms with van der Waals surface area (Å²) in [6.07, 6.45) is 7.72. The van der Waals surface area contributed by atoms with Crippen LogP contribution in [0.2, 0.25) is 5.15 Å². The van der Waals surface area contributed by atoms with E-state index in [1.807, 2.05) is 30.3 Å². The van der Waals surface area contributed by atoms with Crippen LogP contribution in [0.15, 0.2) is 35.9 Å². The number of nitrogens with one attached hydrogen (secondary N) is 1. The number of hydrogen-bond acceptors (Lipinski definition) is 2. The number of carbonyl (C=O) groups is 1. The monoisotopic (exact) mass is 344 g/mol. The first-order chi connectivity index (χ1) is 11.6. The summed E-state index contributed by atoms with van der Waals surface area (Å²) in [5.41, 5.74) is 2.27. The van der Waals surface area contributed by atoms with Crippen molar-refractivity contribution in [1.82, 2.24) is 10.3 Å². The van der Waals surface area contributed by atoms with Crippen molar-refractivity contribution < 1.29 is 4.79 Å². The number of nitrogens with zero attached hydrogens (tertiary/aromatic N) is 1. The van der Waals surface area contributed by atoms with Crippen molar-refractivity contribution in [3.05, 3.63) is 46.6 Å². The zero-order valence-electron chi connectivity index (χ0n) is 14.4. The Labute approximate surface area is 149 Å². The number of rotatable bonds is 8. The van der Waals surface area contributed by atoms with Crippen LogP contribution in [-0.4, -0.2) is 17.4 Å². The molecule has 0 fully saturated rings. The highest BCUT2D eigenvalue weighted by molar-refractivity contribution is 6.31. The van der Waals surface area contributed by atoms with Gasteiger partial charge in [-0.2, -0.15) is 0 Å². The highest BCUT2D eigenvalue weighted by atomic mass is 35.5. The molecule has 0 bridgehead atoms. The lowest BCUT2D eigenvalue weighted by Gasteiger charge is -2.07. The van der Waals surface area contributed by atoms with Crippen LogP contribution in [0.1, 0.15) is 51.5 Å². The van der Waals surface area contributed by atoms with Crippen LogP contribution in [0.4, 0.5) is 0 Å². The molecule has 1 aromatic carbocycles. The Morgan fingerprint density at radius 1 is 1.21 bits per heavy atom. The van der Waals surface area contributed by atoms with E-state index in [0.29, 0.717) is 10.7 Å². The second-order valence-corrected chi connectivity index (χ2v) is 6.42. The van der Waals surface area contributed by atoms with Gasteiger partial charge in [-0.1, -0.05) is 62.4 Å². The summed E-state index contributed by atoms with van der Waals surface area (Å²) >= 11 is 6.24. The predicted octanol–water partition coefficient (Wildman–Crippen LogP) is 5.38. The van der Waals surface area contributed by atoms with Crippen molar-refractivity contribution in [2.75, 3.05) is 6.54 Å². The molecule has 24 heavy (non-hydrogen) atoms. The number of pyridine rings is 1. The Balaban J connectivity index is 1.97. The van der Waals surface area contributed by atoms with Crippen LogP contribution in [0.3, 0.4) is 0 Å². The summed E-state index contributed by atoms with van der Waals surface area (Å²) in [6, 6.07) is 9.77. The van der Waals surface area contributed by atoms with E-state index in [4.69, 9.17) is 11.6 Å². The van der Waals surface area contributed by atoms with E-state index >= 15 is 0 Å². The maximum atomic E-state index is 12.2. The normalized spacial score (nSPS) is 11.7. The number of benzene rings is 1. The highest BCUT2D eigenvalue weighted by Crippen LogP contribution is 2.22. The SMILES string of the molecule is CCCCCCCNC(=O)/C(C)=C\c1cc2ccccc2nc1Cl. The van der Waals surface area contributed by atoms with Gasteiger partial charge in [0.25, 0.3) is 0 Å². The van der Waals surface area contributed by atoms with Gasteiger partial charge in [0.1, 0.15) is 5.15 Å². The molecule has 2 rings (SSSR count). The fourth-order valence-corrected chi connectivity index (χ4v) is 2.78. The van der Waals surface area contributed by atoms with Crippen LogP contribution >= 0.6 is 11.6 Å². The number of carbonyl (C=O) groups excluding carboxylic acids is 1. The van der Waals surface area contributed by atoms with Gasteiger partial charge in [-0.15, -0.1) is 0 Å². The van der Waals surface area contributed by atoms with Gasteiger partial charge in [-0.25, -0.2) is 4.98 Å². The van der Waals surface area contributed by atoms with Crippen LogP contribution < -0.4 is 5.32 Å². The largest absolute Gasteiger partial charge is 0.352 e. The molecule has 0 unspecified atom stereocenters. The third-order valence-corrected chi connectivity index (χ3v) is 4.30. The lowest BCUT2D eigenvalue weighted by Crippen LogP contribution is -2.25. The molecule has 0 aliphatic heterocycles. The molecule has 1 heterocycles. The third kappa shape index (κ3) is 5.34. The summed E-state index contributed by atoms with van der Waals surface area (Å²) in [6.45, 7) is 4.72. The molecule has 0 aliphatic rings. The van der Waals surface area contributed by atoms with Gasteiger partial charge in [-0.3, -0.25) is 4.79 Å². The maximum Gasteiger partial charge on any atom is 0.246 e. The predicted molar refractivity (Wildman–Crippen MR) is 102 cm³/mol. The Kier molecular flexibility index (Phi) is 7.26. The Hall–Kier alpha value is -1.87. The van der Waals surface area contributed by atoms with Gasteiger partial charge < -0.3 is 5.32 Å². The zero-order chi connectivity index (χ0) is 17.4. The highest BCUT2D eigenvalue weighted by Gasteiger charge is 2.07. The molecule has 0 saturated heterocycles. The molecule has 2 aromatic rings. The molecular weight excluding hydrogens is 320 g/mol. The summed E-state index contributed by atoms with van der Waals surface area (Å²) in [5.74, 6) is -0.0466. The lowest BCUT2D eigenvalue weighted by atomic mass is 10.1.